The van der Waals surface area contributed by atoms with E-state index in [1.165, 1.54) is 4.80 Å². The van der Waals surface area contributed by atoms with Crippen molar-refractivity contribution in [1.82, 2.24) is 34.6 Å². The van der Waals surface area contributed by atoms with E-state index < -0.39 is 0 Å². The fourth-order valence-electron chi connectivity index (χ4n) is 3.98. The second kappa shape index (κ2) is 9.31. The summed E-state index contributed by atoms with van der Waals surface area (Å²) in [7, 11) is 1.98. The molecule has 1 aromatic carbocycles. The first-order valence-electron chi connectivity index (χ1n) is 10.2. The molecule has 11 heteroatoms. The zero-order chi connectivity index (χ0) is 22.8. The Morgan fingerprint density at radius 3 is 2.84 bits per heavy atom. The molecule has 0 saturated carbocycles. The molecular weight excluding hydrogens is 478 g/mol. The van der Waals surface area contributed by atoms with Crippen LogP contribution in [-0.2, 0) is 11.3 Å². The summed E-state index contributed by atoms with van der Waals surface area (Å²) >= 11 is 3.44. The first-order chi connectivity index (χ1) is 15.4. The van der Waals surface area contributed by atoms with Crippen molar-refractivity contribution in [2.24, 2.45) is 0 Å². The number of amides is 1. The fraction of sp³-hybridized carbons (Fsp3) is 0.381. The van der Waals surface area contributed by atoms with Gasteiger partial charge in [-0.3, -0.25) is 19.1 Å². The summed E-state index contributed by atoms with van der Waals surface area (Å²) in [5.41, 5.74) is 2.63. The van der Waals surface area contributed by atoms with E-state index in [4.69, 9.17) is 0 Å². The first kappa shape index (κ1) is 22.3. The quantitative estimate of drug-likeness (QED) is 0.507. The van der Waals surface area contributed by atoms with Gasteiger partial charge in [0.05, 0.1) is 19.2 Å². The maximum Gasteiger partial charge on any atom is 0.262 e. The first-order valence-corrected chi connectivity index (χ1v) is 11.0. The van der Waals surface area contributed by atoms with Gasteiger partial charge in [-0.1, -0.05) is 22.0 Å². The predicted molar refractivity (Wildman–Crippen MR) is 120 cm³/mol. The number of carbonyl (C=O) groups excluding carboxylic acids is 2. The van der Waals surface area contributed by atoms with Crippen molar-refractivity contribution < 1.29 is 14.7 Å². The van der Waals surface area contributed by atoms with E-state index in [1.54, 1.807) is 21.6 Å². The molecule has 1 saturated heterocycles. The number of halogens is 1. The lowest BCUT2D eigenvalue weighted by Gasteiger charge is -2.38. The smallest absolute Gasteiger partial charge is 0.262 e. The highest BCUT2D eigenvalue weighted by Crippen LogP contribution is 2.33. The van der Waals surface area contributed by atoms with Gasteiger partial charge in [0.15, 0.2) is 0 Å². The van der Waals surface area contributed by atoms with E-state index in [0.29, 0.717) is 36.7 Å². The molecule has 1 N–H and O–H groups in total. The van der Waals surface area contributed by atoms with Crippen LogP contribution < -0.4 is 0 Å². The van der Waals surface area contributed by atoms with Crippen LogP contribution in [0.15, 0.2) is 34.8 Å². The average molecular weight is 502 g/mol. The van der Waals surface area contributed by atoms with Crippen LogP contribution in [0.5, 0.6) is 0 Å². The second-order valence-electron chi connectivity index (χ2n) is 7.78. The Labute approximate surface area is 193 Å². The molecule has 3 aromatic rings. The topological polar surface area (TPSA) is 109 Å². The van der Waals surface area contributed by atoms with Crippen molar-refractivity contribution in [1.29, 1.82) is 0 Å². The van der Waals surface area contributed by atoms with Gasteiger partial charge < -0.3 is 10.0 Å². The van der Waals surface area contributed by atoms with Gasteiger partial charge in [-0.05, 0) is 49.0 Å². The lowest BCUT2D eigenvalue weighted by Crippen LogP contribution is -2.46. The van der Waals surface area contributed by atoms with Gasteiger partial charge in [0.25, 0.3) is 5.91 Å². The molecule has 10 nitrogen and oxygen atoms in total. The largest absolute Gasteiger partial charge is 0.394 e. The van der Waals surface area contributed by atoms with Crippen LogP contribution in [0.4, 0.5) is 0 Å². The number of likely N-dealkylation sites (N-methyl/N-ethyl adjacent to an activating group) is 1. The molecule has 0 radical (unpaired) electrons. The number of aryl methyl sites for hydroxylation is 1. The molecular formula is C21H24BrN7O3. The predicted octanol–water partition coefficient (Wildman–Crippen LogP) is 1.34. The Hall–Kier alpha value is -2.89. The SMILES string of the molecule is Cc1cc(C2CN(C=O)CCN2C)n(C(=O)c2cccc(Br)c2)c1-c1nnn(CCO)n1. The van der Waals surface area contributed by atoms with E-state index in [2.05, 4.69) is 36.2 Å². The Kier molecular flexibility index (Phi) is 6.49. The Morgan fingerprint density at radius 1 is 1.31 bits per heavy atom. The summed E-state index contributed by atoms with van der Waals surface area (Å²) in [5.74, 6) is 0.0794. The highest BCUT2D eigenvalue weighted by atomic mass is 79.9. The van der Waals surface area contributed by atoms with Gasteiger partial charge in [0.1, 0.15) is 5.69 Å². The maximum absolute atomic E-state index is 13.8. The maximum atomic E-state index is 13.8. The minimum Gasteiger partial charge on any atom is -0.394 e. The van der Waals surface area contributed by atoms with Crippen molar-refractivity contribution in [2.75, 3.05) is 33.3 Å². The second-order valence-corrected chi connectivity index (χ2v) is 8.70. The standard InChI is InChI=1S/C21H24BrN7O3/c1-14-10-17(18-12-27(13-31)7-6-26(18)2)29(21(32)15-4-3-5-16(22)11-15)19(14)20-23-25-28(24-20)8-9-30/h3-5,10-11,13,18,30H,6-9,12H2,1-2H3. The fourth-order valence-corrected chi connectivity index (χ4v) is 4.38. The molecule has 0 aliphatic carbocycles. The zero-order valence-corrected chi connectivity index (χ0v) is 19.4. The number of aliphatic hydroxyl groups is 1. The summed E-state index contributed by atoms with van der Waals surface area (Å²) in [4.78, 5) is 30.4. The number of carbonyl (C=O) groups is 2. The number of tetrazole rings is 1. The number of benzene rings is 1. The van der Waals surface area contributed by atoms with Gasteiger partial charge in [-0.2, -0.15) is 4.80 Å². The summed E-state index contributed by atoms with van der Waals surface area (Å²) in [6, 6.07) is 8.97. The van der Waals surface area contributed by atoms with Crippen LogP contribution in [0, 0.1) is 6.92 Å². The minimum absolute atomic E-state index is 0.119. The zero-order valence-electron chi connectivity index (χ0n) is 17.8. The van der Waals surface area contributed by atoms with Crippen LogP contribution in [0.3, 0.4) is 0 Å². The minimum atomic E-state index is -0.223. The third-order valence-corrected chi connectivity index (χ3v) is 6.12. The summed E-state index contributed by atoms with van der Waals surface area (Å²) < 4.78 is 2.43. The lowest BCUT2D eigenvalue weighted by molar-refractivity contribution is -0.120. The molecule has 0 bridgehead atoms. The van der Waals surface area contributed by atoms with Gasteiger partial charge in [-0.15, -0.1) is 10.2 Å². The van der Waals surface area contributed by atoms with E-state index in [9.17, 15) is 14.7 Å². The van der Waals surface area contributed by atoms with Crippen LogP contribution in [0.25, 0.3) is 11.5 Å². The van der Waals surface area contributed by atoms with Crippen LogP contribution in [-0.4, -0.2) is 85.3 Å². The number of aromatic nitrogens is 5. The number of aliphatic hydroxyl groups excluding tert-OH is 1. The molecule has 1 amide bonds. The normalized spacial score (nSPS) is 17.0. The van der Waals surface area contributed by atoms with Crippen molar-refractivity contribution >= 4 is 28.2 Å². The molecule has 3 heterocycles. The monoisotopic (exact) mass is 501 g/mol. The summed E-state index contributed by atoms with van der Waals surface area (Å²) in [6.45, 7) is 3.79. The van der Waals surface area contributed by atoms with Crippen LogP contribution in [0.2, 0.25) is 0 Å². The molecule has 4 rings (SSSR count). The average Bonchev–Trinajstić information content (AvgIpc) is 3.37. The van der Waals surface area contributed by atoms with Crippen molar-refractivity contribution in [3.8, 4) is 11.5 Å². The molecule has 1 fully saturated rings. The third kappa shape index (κ3) is 4.23. The molecule has 32 heavy (non-hydrogen) atoms. The molecule has 1 atom stereocenters. The molecule has 1 aliphatic rings. The Balaban J connectivity index is 1.88. The van der Waals surface area contributed by atoms with Crippen LogP contribution in [0.1, 0.15) is 27.7 Å². The van der Waals surface area contributed by atoms with E-state index in [1.807, 2.05) is 32.2 Å². The lowest BCUT2D eigenvalue weighted by atomic mass is 10.1. The number of hydrogen-bond donors (Lipinski definition) is 1. The summed E-state index contributed by atoms with van der Waals surface area (Å²) in [6.07, 6.45) is 0.846. The molecule has 1 aliphatic heterocycles. The van der Waals surface area contributed by atoms with Gasteiger partial charge in [0.2, 0.25) is 12.2 Å². The van der Waals surface area contributed by atoms with Gasteiger partial charge in [-0.25, -0.2) is 0 Å². The number of rotatable bonds is 6. The highest BCUT2D eigenvalue weighted by Gasteiger charge is 2.32. The number of hydrogen-bond acceptors (Lipinski definition) is 7. The van der Waals surface area contributed by atoms with Crippen molar-refractivity contribution in [3.63, 3.8) is 0 Å². The van der Waals surface area contributed by atoms with E-state index >= 15 is 0 Å². The van der Waals surface area contributed by atoms with Gasteiger partial charge in [0, 0.05) is 35.4 Å². The van der Waals surface area contributed by atoms with Gasteiger partial charge >= 0.3 is 0 Å². The Bertz CT molecular complexity index is 1140. The Morgan fingerprint density at radius 2 is 2.12 bits per heavy atom. The highest BCUT2D eigenvalue weighted by molar-refractivity contribution is 9.10. The number of piperazine rings is 1. The van der Waals surface area contributed by atoms with Crippen molar-refractivity contribution in [2.45, 2.75) is 19.5 Å². The number of nitrogens with zero attached hydrogens (tertiary/aromatic N) is 7. The van der Waals surface area contributed by atoms with E-state index in [0.717, 1.165) is 22.1 Å². The molecule has 168 valence electrons. The third-order valence-electron chi connectivity index (χ3n) is 5.63. The molecule has 0 spiro atoms. The van der Waals surface area contributed by atoms with Crippen LogP contribution >= 0.6 is 15.9 Å². The molecule has 2 aromatic heterocycles. The molecule has 1 unspecified atom stereocenters. The van der Waals surface area contributed by atoms with E-state index in [-0.39, 0.29) is 25.1 Å². The summed E-state index contributed by atoms with van der Waals surface area (Å²) in [5, 5.41) is 21.7. The van der Waals surface area contributed by atoms with Crippen molar-refractivity contribution in [3.05, 3.63) is 51.6 Å².